The van der Waals surface area contributed by atoms with E-state index in [4.69, 9.17) is 10.5 Å². The Morgan fingerprint density at radius 2 is 2.25 bits per heavy atom. The lowest BCUT2D eigenvalue weighted by Gasteiger charge is -2.36. The van der Waals surface area contributed by atoms with Crippen molar-refractivity contribution in [1.82, 2.24) is 4.37 Å². The highest BCUT2D eigenvalue weighted by molar-refractivity contribution is 7.91. The minimum atomic E-state index is -3.37. The van der Waals surface area contributed by atoms with E-state index in [0.29, 0.717) is 11.6 Å². The number of aromatic nitrogens is 1. The minimum Gasteiger partial charge on any atom is -0.382 e. The van der Waals surface area contributed by atoms with Crippen molar-refractivity contribution >= 4 is 32.2 Å². The number of hydrogen-bond acceptors (Lipinski definition) is 7. The Labute approximate surface area is 123 Å². The van der Waals surface area contributed by atoms with Crippen LogP contribution in [-0.2, 0) is 14.6 Å². The Morgan fingerprint density at radius 3 is 2.85 bits per heavy atom. The summed E-state index contributed by atoms with van der Waals surface area (Å²) >= 11 is 1.11. The van der Waals surface area contributed by atoms with Crippen molar-refractivity contribution in [3.63, 3.8) is 0 Å². The monoisotopic (exact) mass is 319 g/mol. The smallest absolute Gasteiger partial charge is 0.184 e. The van der Waals surface area contributed by atoms with Crippen molar-refractivity contribution in [2.75, 3.05) is 23.4 Å². The maximum absolute atomic E-state index is 12.1. The van der Waals surface area contributed by atoms with Crippen molar-refractivity contribution in [2.24, 2.45) is 0 Å². The van der Waals surface area contributed by atoms with Gasteiger partial charge < -0.3 is 15.8 Å². The second-order valence-corrected chi connectivity index (χ2v) is 8.56. The van der Waals surface area contributed by atoms with Gasteiger partial charge in [0.15, 0.2) is 15.7 Å². The summed E-state index contributed by atoms with van der Waals surface area (Å²) in [6, 6.07) is 0.171. The average molecular weight is 319 g/mol. The zero-order chi connectivity index (χ0) is 15.0. The van der Waals surface area contributed by atoms with Gasteiger partial charge in [-0.25, -0.2) is 8.42 Å². The van der Waals surface area contributed by atoms with E-state index in [2.05, 4.69) is 9.69 Å². The molecule has 0 aromatic carbocycles. The molecule has 20 heavy (non-hydrogen) atoms. The molecule has 2 rings (SSSR count). The maximum atomic E-state index is 12.1. The molecule has 0 spiro atoms. The SMILES string of the molecule is CCS(=O)(=O)c1c(N)nsc1NC1CCOC(C)(C)C1. The highest BCUT2D eigenvalue weighted by Crippen LogP contribution is 2.35. The molecule has 8 heteroatoms. The first-order valence-corrected chi connectivity index (χ1v) is 9.06. The molecule has 1 aromatic rings. The second-order valence-electron chi connectivity index (χ2n) is 5.57. The molecule has 1 saturated heterocycles. The fourth-order valence-corrected chi connectivity index (χ4v) is 4.60. The van der Waals surface area contributed by atoms with Crippen LogP contribution in [0.1, 0.15) is 33.6 Å². The van der Waals surface area contributed by atoms with Crippen LogP contribution in [0.25, 0.3) is 0 Å². The quantitative estimate of drug-likeness (QED) is 0.880. The number of rotatable bonds is 4. The number of ether oxygens (including phenoxy) is 1. The van der Waals surface area contributed by atoms with E-state index in [1.165, 1.54) is 0 Å². The molecule has 2 heterocycles. The van der Waals surface area contributed by atoms with Crippen molar-refractivity contribution in [3.8, 4) is 0 Å². The first kappa shape index (κ1) is 15.5. The van der Waals surface area contributed by atoms with Gasteiger partial charge in [0.2, 0.25) is 0 Å². The summed E-state index contributed by atoms with van der Waals surface area (Å²) in [6.45, 7) is 6.33. The fraction of sp³-hybridized carbons (Fsp3) is 0.750. The Balaban J connectivity index is 2.23. The molecule has 1 unspecified atom stereocenters. The topological polar surface area (TPSA) is 94.3 Å². The number of nitrogens with two attached hydrogens (primary N) is 1. The standard InChI is InChI=1S/C12H21N3O3S2/c1-4-20(16,17)9-10(13)15-19-11(9)14-8-5-6-18-12(2,3)7-8/h8,14H,4-7H2,1-3H3,(H2,13,15). The van der Waals surface area contributed by atoms with Gasteiger partial charge in [0, 0.05) is 12.6 Å². The lowest BCUT2D eigenvalue weighted by molar-refractivity contribution is -0.0553. The number of hydrogen-bond donors (Lipinski definition) is 2. The highest BCUT2D eigenvalue weighted by atomic mass is 32.2. The molecule has 114 valence electrons. The van der Waals surface area contributed by atoms with Gasteiger partial charge in [-0.05, 0) is 38.2 Å². The Hall–Kier alpha value is -0.860. The van der Waals surface area contributed by atoms with E-state index in [1.54, 1.807) is 6.92 Å². The first-order chi connectivity index (χ1) is 9.25. The van der Waals surface area contributed by atoms with Crippen LogP contribution in [0.15, 0.2) is 4.90 Å². The Kier molecular flexibility index (Phi) is 4.27. The van der Waals surface area contributed by atoms with E-state index in [1.807, 2.05) is 13.8 Å². The van der Waals surface area contributed by atoms with Crippen molar-refractivity contribution in [2.45, 2.75) is 50.2 Å². The predicted octanol–water partition coefficient (Wildman–Crippen LogP) is 1.89. The molecule has 0 bridgehead atoms. The van der Waals surface area contributed by atoms with Crippen molar-refractivity contribution < 1.29 is 13.2 Å². The van der Waals surface area contributed by atoms with Crippen LogP contribution >= 0.6 is 11.5 Å². The van der Waals surface area contributed by atoms with Gasteiger partial charge in [0.05, 0.1) is 11.4 Å². The zero-order valence-corrected chi connectivity index (χ0v) is 13.6. The third-order valence-electron chi connectivity index (χ3n) is 3.40. The molecule has 1 aliphatic rings. The number of nitrogens with zero attached hydrogens (tertiary/aromatic N) is 1. The second kappa shape index (κ2) is 5.50. The molecule has 1 aliphatic heterocycles. The molecule has 6 nitrogen and oxygen atoms in total. The van der Waals surface area contributed by atoms with Crippen LogP contribution in [0.3, 0.4) is 0 Å². The Morgan fingerprint density at radius 1 is 1.55 bits per heavy atom. The molecular formula is C12H21N3O3S2. The highest BCUT2D eigenvalue weighted by Gasteiger charge is 2.31. The fourth-order valence-electron chi connectivity index (χ4n) is 2.37. The molecule has 1 fully saturated rings. The Bertz CT molecular complexity index is 581. The van der Waals surface area contributed by atoms with Crippen LogP contribution in [0.4, 0.5) is 10.8 Å². The third kappa shape index (κ3) is 3.24. The van der Waals surface area contributed by atoms with E-state index in [-0.39, 0.29) is 28.1 Å². The van der Waals surface area contributed by atoms with Gasteiger partial charge in [0.1, 0.15) is 9.90 Å². The molecule has 1 atom stereocenters. The average Bonchev–Trinajstić information content (AvgIpc) is 2.70. The van der Waals surface area contributed by atoms with Crippen LogP contribution in [-0.4, -0.2) is 36.8 Å². The molecule has 0 amide bonds. The van der Waals surface area contributed by atoms with E-state index >= 15 is 0 Å². The van der Waals surface area contributed by atoms with Gasteiger partial charge in [0.25, 0.3) is 0 Å². The summed E-state index contributed by atoms with van der Waals surface area (Å²) < 4.78 is 33.8. The minimum absolute atomic E-state index is 0.0174. The van der Waals surface area contributed by atoms with Crippen molar-refractivity contribution in [1.29, 1.82) is 0 Å². The van der Waals surface area contributed by atoms with Crippen LogP contribution < -0.4 is 11.1 Å². The lowest BCUT2D eigenvalue weighted by Crippen LogP contribution is -2.40. The van der Waals surface area contributed by atoms with E-state index < -0.39 is 9.84 Å². The number of sulfone groups is 1. The van der Waals surface area contributed by atoms with Crippen LogP contribution in [0.2, 0.25) is 0 Å². The zero-order valence-electron chi connectivity index (χ0n) is 12.0. The van der Waals surface area contributed by atoms with Crippen molar-refractivity contribution in [3.05, 3.63) is 0 Å². The van der Waals surface area contributed by atoms with Crippen LogP contribution in [0.5, 0.6) is 0 Å². The number of nitrogen functional groups attached to an aromatic ring is 1. The molecule has 1 aromatic heterocycles. The summed E-state index contributed by atoms with van der Waals surface area (Å²) in [6.07, 6.45) is 1.66. The van der Waals surface area contributed by atoms with Gasteiger partial charge in [-0.2, -0.15) is 4.37 Å². The van der Waals surface area contributed by atoms with E-state index in [9.17, 15) is 8.42 Å². The van der Waals surface area contributed by atoms with Gasteiger partial charge >= 0.3 is 0 Å². The maximum Gasteiger partial charge on any atom is 0.184 e. The van der Waals surface area contributed by atoms with Gasteiger partial charge in [-0.3, -0.25) is 0 Å². The lowest BCUT2D eigenvalue weighted by atomic mass is 9.94. The normalized spacial score (nSPS) is 22.6. The molecule has 0 aliphatic carbocycles. The summed E-state index contributed by atoms with van der Waals surface area (Å²) in [5.41, 5.74) is 5.52. The summed E-state index contributed by atoms with van der Waals surface area (Å²) in [5.74, 6) is 0.106. The van der Waals surface area contributed by atoms with Gasteiger partial charge in [-0.1, -0.05) is 6.92 Å². The summed E-state index contributed by atoms with van der Waals surface area (Å²) in [7, 11) is -3.37. The molecule has 0 radical (unpaired) electrons. The molecule has 3 N–H and O–H groups in total. The van der Waals surface area contributed by atoms with Gasteiger partial charge in [-0.15, -0.1) is 0 Å². The third-order valence-corrected chi connectivity index (χ3v) is 6.11. The van der Waals surface area contributed by atoms with E-state index in [0.717, 1.165) is 24.4 Å². The summed E-state index contributed by atoms with van der Waals surface area (Å²) in [5, 5.41) is 3.83. The number of nitrogens with one attached hydrogen (secondary N) is 1. The number of anilines is 2. The first-order valence-electron chi connectivity index (χ1n) is 6.63. The molecule has 0 saturated carbocycles. The molecular weight excluding hydrogens is 298 g/mol. The largest absolute Gasteiger partial charge is 0.382 e. The van der Waals surface area contributed by atoms with Crippen LogP contribution in [0, 0.1) is 0 Å². The summed E-state index contributed by atoms with van der Waals surface area (Å²) in [4.78, 5) is 0.147. The predicted molar refractivity (Wildman–Crippen MR) is 80.9 cm³/mol.